The smallest absolute Gasteiger partial charge is 0.342 e. The standard InChI is InChI=1S/C22H20O5S/c1-25-19-11-16(28-2)6-7-17(19)22(24)26-12-15-10-21(23)27-20-9-14-5-3-4-13(14)8-18(15)20/h6-11H,3-5,12H2,1-2H3. The van der Waals surface area contributed by atoms with Crippen LogP contribution in [0.2, 0.25) is 0 Å². The Kier molecular flexibility index (Phi) is 5.13. The van der Waals surface area contributed by atoms with E-state index >= 15 is 0 Å². The number of carbonyl (C=O) groups is 1. The lowest BCUT2D eigenvalue weighted by molar-refractivity contribution is 0.0470. The molecule has 0 unspecified atom stereocenters. The zero-order chi connectivity index (χ0) is 19.7. The average Bonchev–Trinajstić information content (AvgIpc) is 3.16. The summed E-state index contributed by atoms with van der Waals surface area (Å²) in [7, 11) is 1.52. The molecule has 0 bridgehead atoms. The van der Waals surface area contributed by atoms with Gasteiger partial charge in [-0.05, 0) is 67.0 Å². The van der Waals surface area contributed by atoms with E-state index < -0.39 is 11.6 Å². The van der Waals surface area contributed by atoms with Crippen LogP contribution in [-0.4, -0.2) is 19.3 Å². The SMILES string of the molecule is COc1cc(SC)ccc1C(=O)OCc1cc(=O)oc2cc3c(cc12)CCC3. The third kappa shape index (κ3) is 3.52. The number of thioether (sulfide) groups is 1. The zero-order valence-corrected chi connectivity index (χ0v) is 16.6. The van der Waals surface area contributed by atoms with E-state index in [1.54, 1.807) is 23.9 Å². The molecule has 4 rings (SSSR count). The molecule has 3 aromatic rings. The molecular weight excluding hydrogens is 376 g/mol. The molecule has 0 saturated heterocycles. The number of hydrogen-bond donors (Lipinski definition) is 0. The Hall–Kier alpha value is -2.73. The lowest BCUT2D eigenvalue weighted by Crippen LogP contribution is -2.09. The summed E-state index contributed by atoms with van der Waals surface area (Å²) >= 11 is 1.56. The van der Waals surface area contributed by atoms with E-state index in [9.17, 15) is 9.59 Å². The van der Waals surface area contributed by atoms with Crippen molar-refractivity contribution in [2.24, 2.45) is 0 Å². The average molecular weight is 396 g/mol. The van der Waals surface area contributed by atoms with Crippen LogP contribution in [0.15, 0.2) is 50.5 Å². The van der Waals surface area contributed by atoms with Gasteiger partial charge in [-0.1, -0.05) is 0 Å². The monoisotopic (exact) mass is 396 g/mol. The molecule has 1 heterocycles. The van der Waals surface area contributed by atoms with E-state index in [1.165, 1.54) is 24.3 Å². The maximum Gasteiger partial charge on any atom is 0.342 e. The highest BCUT2D eigenvalue weighted by atomic mass is 32.2. The molecule has 0 spiro atoms. The highest BCUT2D eigenvalue weighted by molar-refractivity contribution is 7.98. The van der Waals surface area contributed by atoms with Crippen LogP contribution in [0.5, 0.6) is 5.75 Å². The molecule has 5 nitrogen and oxygen atoms in total. The third-order valence-corrected chi connectivity index (χ3v) is 5.76. The van der Waals surface area contributed by atoms with Crippen LogP contribution in [0.1, 0.15) is 33.5 Å². The first-order valence-corrected chi connectivity index (χ1v) is 10.3. The van der Waals surface area contributed by atoms with Gasteiger partial charge in [-0.15, -0.1) is 11.8 Å². The van der Waals surface area contributed by atoms with Crippen molar-refractivity contribution in [1.29, 1.82) is 0 Å². The van der Waals surface area contributed by atoms with E-state index in [-0.39, 0.29) is 6.61 Å². The van der Waals surface area contributed by atoms with E-state index in [1.807, 2.05) is 18.4 Å². The minimum Gasteiger partial charge on any atom is -0.496 e. The Balaban J connectivity index is 1.62. The van der Waals surface area contributed by atoms with Crippen molar-refractivity contribution in [2.75, 3.05) is 13.4 Å². The van der Waals surface area contributed by atoms with Crippen LogP contribution in [0.3, 0.4) is 0 Å². The van der Waals surface area contributed by atoms with Gasteiger partial charge >= 0.3 is 11.6 Å². The molecule has 1 aromatic heterocycles. The molecule has 1 aliphatic rings. The number of aryl methyl sites for hydroxylation is 2. The maximum absolute atomic E-state index is 12.6. The molecule has 28 heavy (non-hydrogen) atoms. The number of hydrogen-bond acceptors (Lipinski definition) is 6. The highest BCUT2D eigenvalue weighted by Crippen LogP contribution is 2.29. The van der Waals surface area contributed by atoms with Crippen molar-refractivity contribution >= 4 is 28.7 Å². The summed E-state index contributed by atoms with van der Waals surface area (Å²) in [5.41, 5.74) is 3.59. The number of carbonyl (C=O) groups excluding carboxylic acids is 1. The van der Waals surface area contributed by atoms with Crippen molar-refractivity contribution in [1.82, 2.24) is 0 Å². The quantitative estimate of drug-likeness (QED) is 0.362. The van der Waals surface area contributed by atoms with Gasteiger partial charge in [0.25, 0.3) is 0 Å². The second kappa shape index (κ2) is 7.72. The Labute approximate surface area is 166 Å². The van der Waals surface area contributed by atoms with Crippen molar-refractivity contribution in [2.45, 2.75) is 30.8 Å². The molecule has 0 atom stereocenters. The molecule has 0 amide bonds. The van der Waals surface area contributed by atoms with Gasteiger partial charge in [-0.2, -0.15) is 0 Å². The Morgan fingerprint density at radius 2 is 1.93 bits per heavy atom. The summed E-state index contributed by atoms with van der Waals surface area (Å²) in [6.45, 7) is -0.00679. The summed E-state index contributed by atoms with van der Waals surface area (Å²) in [4.78, 5) is 25.5. The Bertz CT molecular complexity index is 1120. The summed E-state index contributed by atoms with van der Waals surface area (Å²) in [5.74, 6) is -0.0286. The summed E-state index contributed by atoms with van der Waals surface area (Å²) in [6.07, 6.45) is 5.07. The van der Waals surface area contributed by atoms with Crippen molar-refractivity contribution in [3.05, 3.63) is 69.1 Å². The van der Waals surface area contributed by atoms with Gasteiger partial charge in [-0.3, -0.25) is 0 Å². The lowest BCUT2D eigenvalue weighted by atomic mass is 10.0. The van der Waals surface area contributed by atoms with Gasteiger partial charge in [0, 0.05) is 21.9 Å². The lowest BCUT2D eigenvalue weighted by Gasteiger charge is -2.11. The van der Waals surface area contributed by atoms with Crippen molar-refractivity contribution in [3.63, 3.8) is 0 Å². The first-order chi connectivity index (χ1) is 13.6. The fourth-order valence-corrected chi connectivity index (χ4v) is 4.03. The largest absolute Gasteiger partial charge is 0.496 e. The number of esters is 1. The molecule has 0 N–H and O–H groups in total. The van der Waals surface area contributed by atoms with Gasteiger partial charge in [0.1, 0.15) is 23.5 Å². The fraction of sp³-hybridized carbons (Fsp3) is 0.273. The first-order valence-electron chi connectivity index (χ1n) is 9.06. The molecule has 0 fully saturated rings. The molecule has 1 aliphatic carbocycles. The first kappa shape index (κ1) is 18.6. The van der Waals surface area contributed by atoms with Crippen LogP contribution < -0.4 is 10.4 Å². The van der Waals surface area contributed by atoms with Gasteiger partial charge in [0.05, 0.1) is 7.11 Å². The Morgan fingerprint density at radius 1 is 1.14 bits per heavy atom. The van der Waals surface area contributed by atoms with Gasteiger partial charge in [-0.25, -0.2) is 9.59 Å². The van der Waals surface area contributed by atoms with E-state index in [2.05, 4.69) is 6.07 Å². The minimum absolute atomic E-state index is 0.00679. The molecule has 0 radical (unpaired) electrons. The van der Waals surface area contributed by atoms with Crippen LogP contribution in [0.25, 0.3) is 11.0 Å². The number of ether oxygens (including phenoxy) is 2. The van der Waals surface area contributed by atoms with E-state index in [4.69, 9.17) is 13.9 Å². The van der Waals surface area contributed by atoms with E-state index in [0.29, 0.717) is 22.5 Å². The van der Waals surface area contributed by atoms with Crippen LogP contribution in [0.4, 0.5) is 0 Å². The van der Waals surface area contributed by atoms with E-state index in [0.717, 1.165) is 29.5 Å². The number of methoxy groups -OCH3 is 1. The fourth-order valence-electron chi connectivity index (χ4n) is 3.60. The van der Waals surface area contributed by atoms with Crippen LogP contribution >= 0.6 is 11.8 Å². The summed E-state index contributed by atoms with van der Waals surface area (Å²) < 4.78 is 16.2. The normalized spacial score (nSPS) is 12.8. The molecule has 0 saturated carbocycles. The predicted molar refractivity (Wildman–Crippen MR) is 108 cm³/mol. The van der Waals surface area contributed by atoms with Gasteiger partial charge < -0.3 is 13.9 Å². The highest BCUT2D eigenvalue weighted by Gasteiger charge is 2.18. The van der Waals surface area contributed by atoms with Crippen molar-refractivity contribution in [3.8, 4) is 5.75 Å². The minimum atomic E-state index is -0.493. The number of fused-ring (bicyclic) bond motifs is 2. The molecular formula is C22H20O5S. The summed E-state index contributed by atoms with van der Waals surface area (Å²) in [6, 6.07) is 10.7. The molecule has 0 aliphatic heterocycles. The van der Waals surface area contributed by atoms with Gasteiger partial charge in [0.15, 0.2) is 0 Å². The Morgan fingerprint density at radius 3 is 2.68 bits per heavy atom. The van der Waals surface area contributed by atoms with Crippen LogP contribution in [-0.2, 0) is 24.2 Å². The topological polar surface area (TPSA) is 65.7 Å². The second-order valence-corrected chi connectivity index (χ2v) is 7.58. The third-order valence-electron chi connectivity index (χ3n) is 5.03. The number of benzene rings is 2. The zero-order valence-electron chi connectivity index (χ0n) is 15.7. The molecule has 2 aromatic carbocycles. The second-order valence-electron chi connectivity index (χ2n) is 6.70. The molecule has 6 heteroatoms. The van der Waals surface area contributed by atoms with Crippen LogP contribution in [0, 0.1) is 0 Å². The van der Waals surface area contributed by atoms with Gasteiger partial charge in [0.2, 0.25) is 0 Å². The maximum atomic E-state index is 12.6. The van der Waals surface area contributed by atoms with Crippen molar-refractivity contribution < 1.29 is 18.7 Å². The number of rotatable bonds is 5. The summed E-state index contributed by atoms with van der Waals surface area (Å²) in [5, 5.41) is 0.817. The molecule has 144 valence electrons. The predicted octanol–water partition coefficient (Wildman–Crippen LogP) is 4.37.